The first-order valence-corrected chi connectivity index (χ1v) is 11.1. The van der Waals surface area contributed by atoms with Crippen LogP contribution in [0.5, 0.6) is 0 Å². The highest BCUT2D eigenvalue weighted by atomic mass is 79.9. The van der Waals surface area contributed by atoms with Gasteiger partial charge in [0.05, 0.1) is 16.2 Å². The summed E-state index contributed by atoms with van der Waals surface area (Å²) in [6.45, 7) is 6.07. The number of carbonyl (C=O) groups excluding carboxylic acids is 1. The van der Waals surface area contributed by atoms with Crippen LogP contribution in [0.1, 0.15) is 34.1 Å². The van der Waals surface area contributed by atoms with Gasteiger partial charge in [0.1, 0.15) is 11.1 Å². The van der Waals surface area contributed by atoms with E-state index in [1.54, 1.807) is 20.8 Å². The zero-order valence-electron chi connectivity index (χ0n) is 16.2. The molecule has 2 aromatic rings. The van der Waals surface area contributed by atoms with Gasteiger partial charge in [0.2, 0.25) is 0 Å². The normalized spacial score (nSPS) is 14.7. The Balaban J connectivity index is 2.41. The second-order valence-electron chi connectivity index (χ2n) is 7.76. The van der Waals surface area contributed by atoms with Crippen LogP contribution < -0.4 is 5.56 Å². The van der Waals surface area contributed by atoms with Crippen molar-refractivity contribution in [2.75, 3.05) is 6.26 Å². The molecule has 0 N–H and O–H groups in total. The van der Waals surface area contributed by atoms with E-state index in [4.69, 9.17) is 4.74 Å². The van der Waals surface area contributed by atoms with Crippen molar-refractivity contribution in [3.63, 3.8) is 0 Å². The van der Waals surface area contributed by atoms with Gasteiger partial charge in [-0.15, -0.1) is 0 Å². The Hall–Kier alpha value is -1.81. The van der Waals surface area contributed by atoms with Crippen LogP contribution in [0.2, 0.25) is 0 Å². The van der Waals surface area contributed by atoms with E-state index in [1.807, 2.05) is 0 Å². The molecule has 7 nitrogen and oxygen atoms in total. The Morgan fingerprint density at radius 3 is 2.43 bits per heavy atom. The minimum Gasteiger partial charge on any atom is -0.459 e. The fraction of sp³-hybridized carbons (Fsp3) is 0.500. The van der Waals surface area contributed by atoms with Gasteiger partial charge in [-0.25, -0.2) is 17.8 Å². The predicted octanol–water partition coefficient (Wildman–Crippen LogP) is 2.83. The number of sulfone groups is 1. The van der Waals surface area contributed by atoms with Crippen LogP contribution in [-0.4, -0.2) is 40.5 Å². The van der Waals surface area contributed by atoms with Crippen LogP contribution in [0.25, 0.3) is 10.9 Å². The molecule has 0 radical (unpaired) electrons. The topological polar surface area (TPSA) is 95.3 Å². The van der Waals surface area contributed by atoms with Crippen LogP contribution in [0.15, 0.2) is 27.7 Å². The molecule has 0 saturated carbocycles. The van der Waals surface area contributed by atoms with Gasteiger partial charge in [-0.1, -0.05) is 0 Å². The molecule has 10 heteroatoms. The van der Waals surface area contributed by atoms with Crippen LogP contribution in [0.4, 0.5) is 4.39 Å². The molecule has 28 heavy (non-hydrogen) atoms. The highest BCUT2D eigenvalue weighted by Gasteiger charge is 2.46. The van der Waals surface area contributed by atoms with Gasteiger partial charge >= 0.3 is 5.97 Å². The van der Waals surface area contributed by atoms with Crippen molar-refractivity contribution in [3.8, 4) is 0 Å². The fourth-order valence-electron chi connectivity index (χ4n) is 2.49. The Morgan fingerprint density at radius 1 is 1.29 bits per heavy atom. The van der Waals surface area contributed by atoms with E-state index in [0.717, 1.165) is 17.2 Å². The lowest BCUT2D eigenvalue weighted by molar-refractivity contribution is -0.157. The number of halogens is 2. The number of nitrogens with zero attached hydrogens (tertiary/aromatic N) is 2. The summed E-state index contributed by atoms with van der Waals surface area (Å²) >= 11 is 3.04. The number of esters is 1. The SMILES string of the molecule is CC(C)(C)OC(=O)[C@@](C)(CCn1cnc2c(F)c(Br)ccc2c1=O)S(C)(=O)=O. The first-order valence-electron chi connectivity index (χ1n) is 8.43. The summed E-state index contributed by atoms with van der Waals surface area (Å²) in [6.07, 6.45) is 1.88. The summed E-state index contributed by atoms with van der Waals surface area (Å²) in [5.74, 6) is -1.55. The Morgan fingerprint density at radius 2 is 1.89 bits per heavy atom. The molecular weight excluding hydrogens is 455 g/mol. The van der Waals surface area contributed by atoms with E-state index < -0.39 is 37.5 Å². The third-order valence-electron chi connectivity index (χ3n) is 4.37. The number of aryl methyl sites for hydroxylation is 1. The first-order chi connectivity index (χ1) is 12.7. The Labute approximate surface area is 171 Å². The van der Waals surface area contributed by atoms with E-state index in [-0.39, 0.29) is 28.3 Å². The summed E-state index contributed by atoms with van der Waals surface area (Å²) in [5, 5.41) is 0.0570. The van der Waals surface area contributed by atoms with Gasteiger partial charge in [-0.2, -0.15) is 0 Å². The molecule has 0 amide bonds. The van der Waals surface area contributed by atoms with Crippen LogP contribution >= 0.6 is 15.9 Å². The quantitative estimate of drug-likeness (QED) is 0.615. The van der Waals surface area contributed by atoms with E-state index in [1.165, 1.54) is 19.1 Å². The van der Waals surface area contributed by atoms with Crippen LogP contribution in [0.3, 0.4) is 0 Å². The molecule has 1 aromatic carbocycles. The van der Waals surface area contributed by atoms with E-state index >= 15 is 0 Å². The molecule has 0 aliphatic carbocycles. The van der Waals surface area contributed by atoms with Gasteiger partial charge in [-0.3, -0.25) is 14.2 Å². The number of fused-ring (bicyclic) bond motifs is 1. The minimum absolute atomic E-state index is 0.0570. The molecule has 2 rings (SSSR count). The average molecular weight is 477 g/mol. The van der Waals surface area contributed by atoms with Crippen LogP contribution in [-0.2, 0) is 25.9 Å². The van der Waals surface area contributed by atoms with Crippen molar-refractivity contribution in [3.05, 3.63) is 39.1 Å². The zero-order valence-corrected chi connectivity index (χ0v) is 18.6. The lowest BCUT2D eigenvalue weighted by Gasteiger charge is -2.30. The molecule has 0 aliphatic rings. The van der Waals surface area contributed by atoms with Crippen molar-refractivity contribution >= 4 is 42.6 Å². The highest BCUT2D eigenvalue weighted by molar-refractivity contribution is 9.10. The van der Waals surface area contributed by atoms with Crippen molar-refractivity contribution in [1.82, 2.24) is 9.55 Å². The number of aromatic nitrogens is 2. The monoisotopic (exact) mass is 476 g/mol. The van der Waals surface area contributed by atoms with Gasteiger partial charge in [0, 0.05) is 12.8 Å². The Bertz CT molecular complexity index is 1090. The lowest BCUT2D eigenvalue weighted by Crippen LogP contribution is -2.48. The molecule has 1 heterocycles. The average Bonchev–Trinajstić information content (AvgIpc) is 2.54. The maximum atomic E-state index is 14.1. The van der Waals surface area contributed by atoms with Gasteiger partial charge in [0.25, 0.3) is 5.56 Å². The molecule has 0 unspecified atom stereocenters. The maximum absolute atomic E-state index is 14.1. The van der Waals surface area contributed by atoms with E-state index in [9.17, 15) is 22.4 Å². The smallest absolute Gasteiger partial charge is 0.327 e. The molecule has 1 aromatic heterocycles. The number of ether oxygens (including phenoxy) is 1. The summed E-state index contributed by atoms with van der Waals surface area (Å²) in [7, 11) is -3.85. The Kier molecular flexibility index (Phi) is 6.06. The fourth-order valence-corrected chi connectivity index (χ4v) is 3.62. The zero-order chi connectivity index (χ0) is 21.5. The molecule has 0 spiro atoms. The molecular formula is C18H22BrFN2O5S. The number of rotatable bonds is 5. The molecule has 0 bridgehead atoms. The van der Waals surface area contributed by atoms with Crippen molar-refractivity contribution in [1.29, 1.82) is 0 Å². The largest absolute Gasteiger partial charge is 0.459 e. The number of benzene rings is 1. The maximum Gasteiger partial charge on any atom is 0.327 e. The number of carbonyl (C=O) groups is 1. The van der Waals surface area contributed by atoms with Crippen molar-refractivity contribution in [2.24, 2.45) is 0 Å². The molecule has 154 valence electrons. The third-order valence-corrected chi connectivity index (χ3v) is 6.99. The van der Waals surface area contributed by atoms with E-state index in [2.05, 4.69) is 20.9 Å². The summed E-state index contributed by atoms with van der Waals surface area (Å²) in [5.41, 5.74) is -1.49. The second kappa shape index (κ2) is 7.55. The predicted molar refractivity (Wildman–Crippen MR) is 107 cm³/mol. The molecule has 1 atom stereocenters. The second-order valence-corrected chi connectivity index (χ2v) is 11.1. The standard InChI is InChI=1S/C18H22BrFN2O5S/c1-17(2,3)27-16(24)18(4,28(5,25)26)8-9-22-10-21-14-11(15(22)23)6-7-12(19)13(14)20/h6-7,10H,8-9H2,1-5H3/t18-/m1/s1. The van der Waals surface area contributed by atoms with Gasteiger partial charge < -0.3 is 4.74 Å². The third kappa shape index (κ3) is 4.43. The van der Waals surface area contributed by atoms with Gasteiger partial charge in [0.15, 0.2) is 20.4 Å². The molecule has 0 saturated heterocycles. The molecule has 0 aliphatic heterocycles. The summed E-state index contributed by atoms with van der Waals surface area (Å²) < 4.78 is 43.5. The van der Waals surface area contributed by atoms with Crippen molar-refractivity contribution < 1.29 is 22.3 Å². The van der Waals surface area contributed by atoms with Crippen LogP contribution in [0, 0.1) is 5.82 Å². The lowest BCUT2D eigenvalue weighted by atomic mass is 10.1. The molecule has 0 fully saturated rings. The highest BCUT2D eigenvalue weighted by Crippen LogP contribution is 2.26. The van der Waals surface area contributed by atoms with Gasteiger partial charge in [-0.05, 0) is 62.2 Å². The van der Waals surface area contributed by atoms with Crippen molar-refractivity contribution in [2.45, 2.75) is 51.0 Å². The summed E-state index contributed by atoms with van der Waals surface area (Å²) in [4.78, 5) is 29.2. The first kappa shape index (κ1) is 22.5. The number of hydrogen-bond acceptors (Lipinski definition) is 6. The van der Waals surface area contributed by atoms with E-state index in [0.29, 0.717) is 0 Å². The minimum atomic E-state index is -3.85. The summed E-state index contributed by atoms with van der Waals surface area (Å²) in [6, 6.07) is 2.82. The number of hydrogen-bond donors (Lipinski definition) is 0.